The van der Waals surface area contributed by atoms with E-state index in [1.54, 1.807) is 30.5 Å². The molecule has 0 aliphatic rings. The number of amides is 1. The maximum atomic E-state index is 12.9. The maximum absolute atomic E-state index is 12.9. The molecule has 1 heterocycles. The van der Waals surface area contributed by atoms with Crippen LogP contribution in [0.4, 0.5) is 0 Å². The lowest BCUT2D eigenvalue weighted by atomic mass is 10.0. The molecule has 1 aromatic carbocycles. The van der Waals surface area contributed by atoms with Crippen molar-refractivity contribution in [3.63, 3.8) is 0 Å². The third-order valence-corrected chi connectivity index (χ3v) is 4.25. The van der Waals surface area contributed by atoms with Gasteiger partial charge in [0, 0.05) is 23.0 Å². The maximum Gasteiger partial charge on any atom is 0.328 e. The standard InChI is InChI=1S/C20H26N2O4/c1-12(2)10-17(20(25)26-5)21-18(23)16-11-22(13(3)4)19(24)15-9-7-6-8-14(15)16/h6-9,11-13,17H,10H2,1-5H3,(H,21,23)/t17-/m0/s1. The van der Waals surface area contributed by atoms with Gasteiger partial charge in [-0.05, 0) is 32.3 Å². The molecular weight excluding hydrogens is 332 g/mol. The second-order valence-electron chi connectivity index (χ2n) is 7.07. The normalized spacial score (nSPS) is 12.4. The van der Waals surface area contributed by atoms with Gasteiger partial charge in [0.2, 0.25) is 0 Å². The predicted octanol–water partition coefficient (Wildman–Crippen LogP) is 2.90. The molecular formula is C20H26N2O4. The Bertz CT molecular complexity index is 868. The number of fused-ring (bicyclic) bond motifs is 1. The van der Waals surface area contributed by atoms with Gasteiger partial charge in [-0.1, -0.05) is 32.0 Å². The van der Waals surface area contributed by atoms with E-state index < -0.39 is 17.9 Å². The van der Waals surface area contributed by atoms with Crippen LogP contribution in [-0.4, -0.2) is 29.6 Å². The van der Waals surface area contributed by atoms with Crippen molar-refractivity contribution in [2.45, 2.75) is 46.2 Å². The highest BCUT2D eigenvalue weighted by atomic mass is 16.5. The predicted molar refractivity (Wildman–Crippen MR) is 101 cm³/mol. The second kappa shape index (κ2) is 8.17. The van der Waals surface area contributed by atoms with Crippen molar-refractivity contribution >= 4 is 22.6 Å². The fraction of sp³-hybridized carbons (Fsp3) is 0.450. The lowest BCUT2D eigenvalue weighted by Crippen LogP contribution is -2.42. The fourth-order valence-electron chi connectivity index (χ4n) is 2.94. The highest BCUT2D eigenvalue weighted by molar-refractivity contribution is 6.07. The van der Waals surface area contributed by atoms with Crippen molar-refractivity contribution in [2.24, 2.45) is 5.92 Å². The molecule has 1 atom stereocenters. The summed E-state index contributed by atoms with van der Waals surface area (Å²) in [6.07, 6.45) is 2.04. The number of nitrogens with zero attached hydrogens (tertiary/aromatic N) is 1. The Hall–Kier alpha value is -2.63. The number of ether oxygens (including phenoxy) is 1. The number of rotatable bonds is 6. The summed E-state index contributed by atoms with van der Waals surface area (Å²) in [5.41, 5.74) is 0.227. The summed E-state index contributed by atoms with van der Waals surface area (Å²) in [7, 11) is 1.30. The van der Waals surface area contributed by atoms with Crippen LogP contribution in [0.1, 0.15) is 50.5 Å². The monoisotopic (exact) mass is 358 g/mol. The van der Waals surface area contributed by atoms with Gasteiger partial charge in [-0.2, -0.15) is 0 Å². The summed E-state index contributed by atoms with van der Waals surface area (Å²) in [5, 5.41) is 3.81. The van der Waals surface area contributed by atoms with Crippen LogP contribution in [-0.2, 0) is 9.53 Å². The number of nitrogens with one attached hydrogen (secondary N) is 1. The van der Waals surface area contributed by atoms with Crippen LogP contribution in [0.15, 0.2) is 35.3 Å². The van der Waals surface area contributed by atoms with Crippen LogP contribution in [0.3, 0.4) is 0 Å². The molecule has 0 aliphatic carbocycles. The molecule has 0 fully saturated rings. The van der Waals surface area contributed by atoms with Gasteiger partial charge in [-0.15, -0.1) is 0 Å². The zero-order valence-corrected chi connectivity index (χ0v) is 15.9. The molecule has 0 saturated heterocycles. The van der Waals surface area contributed by atoms with E-state index in [9.17, 15) is 14.4 Å². The number of carbonyl (C=O) groups is 2. The van der Waals surface area contributed by atoms with Crippen LogP contribution in [0.2, 0.25) is 0 Å². The molecule has 0 spiro atoms. The Morgan fingerprint density at radius 3 is 2.27 bits per heavy atom. The van der Waals surface area contributed by atoms with Crippen LogP contribution in [0.5, 0.6) is 0 Å². The van der Waals surface area contributed by atoms with E-state index in [1.807, 2.05) is 27.7 Å². The van der Waals surface area contributed by atoms with Gasteiger partial charge in [-0.3, -0.25) is 9.59 Å². The Morgan fingerprint density at radius 1 is 1.12 bits per heavy atom. The zero-order chi connectivity index (χ0) is 19.4. The van der Waals surface area contributed by atoms with Crippen molar-refractivity contribution in [3.05, 3.63) is 46.4 Å². The first-order chi connectivity index (χ1) is 12.3. The third-order valence-electron chi connectivity index (χ3n) is 4.25. The molecule has 6 nitrogen and oxygen atoms in total. The molecule has 1 amide bonds. The molecule has 140 valence electrons. The van der Waals surface area contributed by atoms with Crippen molar-refractivity contribution in [1.29, 1.82) is 0 Å². The summed E-state index contributed by atoms with van der Waals surface area (Å²) in [6.45, 7) is 7.70. The van der Waals surface area contributed by atoms with E-state index in [1.165, 1.54) is 11.7 Å². The first kappa shape index (κ1) is 19.7. The van der Waals surface area contributed by atoms with Crippen molar-refractivity contribution < 1.29 is 14.3 Å². The van der Waals surface area contributed by atoms with Crippen LogP contribution < -0.4 is 10.9 Å². The number of aromatic nitrogens is 1. The van der Waals surface area contributed by atoms with E-state index in [4.69, 9.17) is 4.74 Å². The first-order valence-corrected chi connectivity index (χ1v) is 8.78. The molecule has 0 radical (unpaired) electrons. The van der Waals surface area contributed by atoms with Gasteiger partial charge in [-0.25, -0.2) is 4.79 Å². The Morgan fingerprint density at radius 2 is 1.73 bits per heavy atom. The average Bonchev–Trinajstić information content (AvgIpc) is 2.60. The molecule has 0 aliphatic heterocycles. The summed E-state index contributed by atoms with van der Waals surface area (Å²) in [6, 6.07) is 6.18. The summed E-state index contributed by atoms with van der Waals surface area (Å²) in [4.78, 5) is 37.6. The molecule has 2 aromatic rings. The topological polar surface area (TPSA) is 77.4 Å². The highest BCUT2D eigenvalue weighted by Crippen LogP contribution is 2.18. The minimum atomic E-state index is -0.731. The van der Waals surface area contributed by atoms with E-state index in [2.05, 4.69) is 5.32 Å². The third kappa shape index (κ3) is 4.12. The van der Waals surface area contributed by atoms with Crippen LogP contribution in [0, 0.1) is 5.92 Å². The van der Waals surface area contributed by atoms with Crippen LogP contribution in [0.25, 0.3) is 10.8 Å². The lowest BCUT2D eigenvalue weighted by Gasteiger charge is -2.20. The van der Waals surface area contributed by atoms with Crippen LogP contribution >= 0.6 is 0 Å². The summed E-state index contributed by atoms with van der Waals surface area (Å²) < 4.78 is 6.34. The van der Waals surface area contributed by atoms with Crippen molar-refractivity contribution in [2.75, 3.05) is 7.11 Å². The second-order valence-corrected chi connectivity index (χ2v) is 7.07. The minimum Gasteiger partial charge on any atom is -0.467 e. The number of pyridine rings is 1. The Balaban J connectivity index is 2.51. The lowest BCUT2D eigenvalue weighted by molar-refractivity contribution is -0.143. The summed E-state index contributed by atoms with van der Waals surface area (Å²) >= 11 is 0. The average molecular weight is 358 g/mol. The van der Waals surface area contributed by atoms with E-state index >= 15 is 0 Å². The molecule has 1 N–H and O–H groups in total. The molecule has 0 bridgehead atoms. The highest BCUT2D eigenvalue weighted by Gasteiger charge is 2.25. The Labute approximate surface area is 153 Å². The van der Waals surface area contributed by atoms with Gasteiger partial charge in [0.15, 0.2) is 0 Å². The first-order valence-electron chi connectivity index (χ1n) is 8.78. The largest absolute Gasteiger partial charge is 0.467 e. The Kier molecular flexibility index (Phi) is 6.18. The number of hydrogen-bond acceptors (Lipinski definition) is 4. The van der Waals surface area contributed by atoms with Gasteiger partial charge in [0.1, 0.15) is 6.04 Å². The van der Waals surface area contributed by atoms with Gasteiger partial charge in [0.25, 0.3) is 11.5 Å². The molecule has 0 unspecified atom stereocenters. The number of hydrogen-bond donors (Lipinski definition) is 1. The van der Waals surface area contributed by atoms with Crippen molar-refractivity contribution in [1.82, 2.24) is 9.88 Å². The van der Waals surface area contributed by atoms with E-state index in [0.29, 0.717) is 22.8 Å². The quantitative estimate of drug-likeness (QED) is 0.806. The molecule has 2 rings (SSSR count). The molecule has 0 saturated carbocycles. The van der Waals surface area contributed by atoms with E-state index in [-0.39, 0.29) is 17.5 Å². The van der Waals surface area contributed by atoms with Crippen molar-refractivity contribution in [3.8, 4) is 0 Å². The van der Waals surface area contributed by atoms with Gasteiger partial charge in [0.05, 0.1) is 12.7 Å². The number of methoxy groups -OCH3 is 1. The molecule has 26 heavy (non-hydrogen) atoms. The number of esters is 1. The molecule has 6 heteroatoms. The van der Waals surface area contributed by atoms with Gasteiger partial charge < -0.3 is 14.6 Å². The fourth-order valence-corrected chi connectivity index (χ4v) is 2.94. The smallest absolute Gasteiger partial charge is 0.328 e. The SMILES string of the molecule is COC(=O)[C@H](CC(C)C)NC(=O)c1cn(C(C)C)c(=O)c2ccccc12. The number of benzene rings is 1. The summed E-state index contributed by atoms with van der Waals surface area (Å²) in [5.74, 6) is -0.666. The van der Waals surface area contributed by atoms with E-state index in [0.717, 1.165) is 0 Å². The molecule has 1 aromatic heterocycles. The zero-order valence-electron chi connectivity index (χ0n) is 15.9. The number of carbonyl (C=O) groups excluding carboxylic acids is 2. The minimum absolute atomic E-state index is 0.0919. The van der Waals surface area contributed by atoms with Gasteiger partial charge >= 0.3 is 5.97 Å².